The van der Waals surface area contributed by atoms with Crippen molar-refractivity contribution >= 4 is 34.5 Å². The van der Waals surface area contributed by atoms with Crippen molar-refractivity contribution in [2.24, 2.45) is 5.73 Å². The van der Waals surface area contributed by atoms with Gasteiger partial charge in [-0.2, -0.15) is 5.10 Å². The monoisotopic (exact) mass is 410 g/mol. The molecule has 1 aliphatic heterocycles. The first-order valence-corrected chi connectivity index (χ1v) is 9.94. The summed E-state index contributed by atoms with van der Waals surface area (Å²) < 4.78 is 1.87. The van der Waals surface area contributed by atoms with Gasteiger partial charge in [-0.15, -0.1) is 10.2 Å². The van der Waals surface area contributed by atoms with E-state index in [0.29, 0.717) is 28.6 Å². The van der Waals surface area contributed by atoms with E-state index in [4.69, 9.17) is 27.8 Å². The largest absolute Gasteiger partial charge is 0.397 e. The predicted molar refractivity (Wildman–Crippen MR) is 116 cm³/mol. The lowest BCUT2D eigenvalue weighted by molar-refractivity contribution is 0.230. The number of benzene rings is 1. The Morgan fingerprint density at radius 2 is 1.93 bits per heavy atom. The maximum absolute atomic E-state index is 7.25. The van der Waals surface area contributed by atoms with Crippen molar-refractivity contribution in [2.75, 3.05) is 32.7 Å². The smallest absolute Gasteiger partial charge is 0.182 e. The van der Waals surface area contributed by atoms with Crippen molar-refractivity contribution in [3.8, 4) is 11.3 Å². The summed E-state index contributed by atoms with van der Waals surface area (Å²) in [6, 6.07) is 9.89. The third-order valence-corrected chi connectivity index (χ3v) is 5.39. The topological polar surface area (TPSA) is 109 Å². The Morgan fingerprint density at radius 1 is 1.17 bits per heavy atom. The van der Waals surface area contributed by atoms with Gasteiger partial charge in [-0.25, -0.2) is 4.68 Å². The van der Waals surface area contributed by atoms with E-state index in [1.807, 2.05) is 35.0 Å². The number of nitrogens with two attached hydrogens (primary N) is 1. The van der Waals surface area contributed by atoms with Crippen LogP contribution in [0.4, 0.5) is 0 Å². The highest BCUT2D eigenvalue weighted by atomic mass is 35.5. The van der Waals surface area contributed by atoms with E-state index in [2.05, 4.69) is 20.4 Å². The van der Waals surface area contributed by atoms with E-state index in [-0.39, 0.29) is 0 Å². The first kappa shape index (κ1) is 19.5. The van der Waals surface area contributed by atoms with Crippen LogP contribution >= 0.6 is 11.6 Å². The number of fused-ring (bicyclic) bond motifs is 1. The van der Waals surface area contributed by atoms with Crippen LogP contribution in [0.15, 0.2) is 36.4 Å². The minimum Gasteiger partial charge on any atom is -0.397 e. The molecule has 2 aromatic heterocycles. The van der Waals surface area contributed by atoms with Crippen LogP contribution in [0.3, 0.4) is 0 Å². The number of hydrogen-bond acceptors (Lipinski definition) is 7. The van der Waals surface area contributed by atoms with Gasteiger partial charge in [-0.1, -0.05) is 41.9 Å². The van der Waals surface area contributed by atoms with Gasteiger partial charge in [0.15, 0.2) is 5.65 Å². The molecule has 9 heteroatoms. The van der Waals surface area contributed by atoms with Crippen LogP contribution in [-0.2, 0) is 6.54 Å². The Labute approximate surface area is 173 Å². The fraction of sp³-hybridized carbons (Fsp3) is 0.300. The lowest BCUT2D eigenvalue weighted by Gasteiger charge is -2.26. The van der Waals surface area contributed by atoms with Crippen molar-refractivity contribution in [1.82, 2.24) is 30.2 Å². The molecule has 1 fully saturated rings. The van der Waals surface area contributed by atoms with Gasteiger partial charge in [-0.05, 0) is 6.08 Å². The molecule has 0 spiro atoms. The van der Waals surface area contributed by atoms with E-state index in [0.717, 1.165) is 55.6 Å². The van der Waals surface area contributed by atoms with Gasteiger partial charge in [0.2, 0.25) is 0 Å². The number of aromatic nitrogens is 4. The fourth-order valence-electron chi connectivity index (χ4n) is 3.49. The number of piperazine rings is 1. The molecule has 1 aliphatic rings. The van der Waals surface area contributed by atoms with Crippen molar-refractivity contribution in [3.63, 3.8) is 0 Å². The number of nitrogens with zero attached hydrogens (tertiary/aromatic N) is 5. The molecule has 150 valence electrons. The number of nitrogens with one attached hydrogen (secondary N) is 2. The van der Waals surface area contributed by atoms with Crippen molar-refractivity contribution < 1.29 is 0 Å². The first-order valence-electron chi connectivity index (χ1n) is 9.57. The van der Waals surface area contributed by atoms with E-state index in [9.17, 15) is 0 Å². The van der Waals surface area contributed by atoms with Crippen LogP contribution in [0.2, 0.25) is 5.02 Å². The second-order valence-electron chi connectivity index (χ2n) is 6.88. The molecule has 3 heterocycles. The zero-order valence-electron chi connectivity index (χ0n) is 16.0. The van der Waals surface area contributed by atoms with Gasteiger partial charge in [0.1, 0.15) is 11.4 Å². The predicted octanol–water partition coefficient (Wildman–Crippen LogP) is 2.00. The van der Waals surface area contributed by atoms with E-state index >= 15 is 0 Å². The van der Waals surface area contributed by atoms with E-state index in [1.54, 1.807) is 0 Å². The molecule has 3 aromatic rings. The molecule has 0 bridgehead atoms. The third kappa shape index (κ3) is 4.00. The Bertz CT molecular complexity index is 1040. The normalized spacial score (nSPS) is 15.7. The van der Waals surface area contributed by atoms with Crippen molar-refractivity contribution in [1.29, 1.82) is 5.41 Å². The molecule has 0 atom stereocenters. The van der Waals surface area contributed by atoms with E-state index < -0.39 is 0 Å². The fourth-order valence-corrected chi connectivity index (χ4v) is 3.82. The zero-order chi connectivity index (χ0) is 20.2. The molecule has 29 heavy (non-hydrogen) atoms. The second-order valence-corrected chi connectivity index (χ2v) is 7.26. The molecule has 4 N–H and O–H groups in total. The summed E-state index contributed by atoms with van der Waals surface area (Å²) in [5.74, 6) is 0. The van der Waals surface area contributed by atoms with Crippen LogP contribution in [0, 0.1) is 5.41 Å². The highest BCUT2D eigenvalue weighted by Crippen LogP contribution is 2.34. The molecular formula is C20H23ClN8. The van der Waals surface area contributed by atoms with Gasteiger partial charge in [0.25, 0.3) is 0 Å². The summed E-state index contributed by atoms with van der Waals surface area (Å²) in [4.78, 5) is 2.40. The molecular weight excluding hydrogens is 388 g/mol. The molecule has 0 saturated carbocycles. The summed E-state index contributed by atoms with van der Waals surface area (Å²) in [6.45, 7) is 5.62. The molecule has 0 unspecified atom stereocenters. The van der Waals surface area contributed by atoms with Crippen LogP contribution in [0.1, 0.15) is 5.69 Å². The molecule has 1 aromatic carbocycles. The standard InChI is InChI=1S/C20H23ClN8/c21-17-16-18(14-4-2-1-3-5-14)27-29(13-12-28-10-8-24-9-11-28)20(16)26-25-19(17)15(23)6-7-22/h1-7,22,24H,8-13,23H2/b15-6-,22-7?. The third-order valence-electron chi connectivity index (χ3n) is 5.02. The zero-order valence-corrected chi connectivity index (χ0v) is 16.7. The quantitative estimate of drug-likeness (QED) is 0.536. The number of halogens is 1. The Hall–Kier alpha value is -2.81. The molecule has 4 rings (SSSR count). The summed E-state index contributed by atoms with van der Waals surface area (Å²) in [6.07, 6.45) is 2.55. The Kier molecular flexibility index (Phi) is 5.84. The molecule has 8 nitrogen and oxygen atoms in total. The van der Waals surface area contributed by atoms with Crippen LogP contribution in [0.25, 0.3) is 28.0 Å². The minimum absolute atomic E-state index is 0.298. The van der Waals surface area contributed by atoms with Crippen LogP contribution < -0.4 is 11.1 Å². The Morgan fingerprint density at radius 3 is 2.66 bits per heavy atom. The van der Waals surface area contributed by atoms with Crippen molar-refractivity contribution in [2.45, 2.75) is 6.54 Å². The summed E-state index contributed by atoms with van der Waals surface area (Å²) in [5.41, 5.74) is 9.03. The number of rotatable bonds is 6. The average molecular weight is 411 g/mol. The van der Waals surface area contributed by atoms with Crippen LogP contribution in [0.5, 0.6) is 0 Å². The SMILES string of the molecule is N=C/C=C(\N)c1nnc2c(c(-c3ccccc3)nn2CCN2CCNCC2)c1Cl. The van der Waals surface area contributed by atoms with E-state index in [1.165, 1.54) is 6.08 Å². The maximum Gasteiger partial charge on any atom is 0.182 e. The maximum atomic E-state index is 7.25. The van der Waals surface area contributed by atoms with Crippen LogP contribution in [-0.4, -0.2) is 63.8 Å². The summed E-state index contributed by atoms with van der Waals surface area (Å²) in [5, 5.41) is 25.2. The van der Waals surface area contributed by atoms with Gasteiger partial charge in [0.05, 0.1) is 22.7 Å². The van der Waals surface area contributed by atoms with Gasteiger partial charge >= 0.3 is 0 Å². The minimum atomic E-state index is 0.298. The summed E-state index contributed by atoms with van der Waals surface area (Å²) in [7, 11) is 0. The number of hydrogen-bond donors (Lipinski definition) is 3. The molecule has 0 amide bonds. The highest BCUT2D eigenvalue weighted by Gasteiger charge is 2.21. The molecule has 0 aliphatic carbocycles. The highest BCUT2D eigenvalue weighted by molar-refractivity contribution is 6.37. The lowest BCUT2D eigenvalue weighted by Crippen LogP contribution is -2.44. The lowest BCUT2D eigenvalue weighted by atomic mass is 10.1. The Balaban J connectivity index is 1.79. The van der Waals surface area contributed by atoms with Gasteiger partial charge < -0.3 is 16.5 Å². The van der Waals surface area contributed by atoms with Gasteiger partial charge in [-0.3, -0.25) is 4.90 Å². The summed E-state index contributed by atoms with van der Waals surface area (Å²) >= 11 is 6.72. The molecule has 0 radical (unpaired) electrons. The molecule has 1 saturated heterocycles. The second kappa shape index (κ2) is 8.69. The first-order chi connectivity index (χ1) is 14.2. The number of allylic oxidation sites excluding steroid dienone is 1. The van der Waals surface area contributed by atoms with Crippen molar-refractivity contribution in [3.05, 3.63) is 47.1 Å². The average Bonchev–Trinajstić information content (AvgIpc) is 3.13. The van der Waals surface area contributed by atoms with Gasteiger partial charge in [0, 0.05) is 44.5 Å².